The normalized spacial score (nSPS) is 13.1. The van der Waals surface area contributed by atoms with Crippen molar-refractivity contribution in [1.82, 2.24) is 14.9 Å². The zero-order valence-corrected chi connectivity index (χ0v) is 21.3. The van der Waals surface area contributed by atoms with Crippen LogP contribution in [0.15, 0.2) is 47.5 Å². The summed E-state index contributed by atoms with van der Waals surface area (Å²) < 4.78 is 59.3. The summed E-state index contributed by atoms with van der Waals surface area (Å²) in [4.78, 5) is 30.7. The van der Waals surface area contributed by atoms with Crippen molar-refractivity contribution in [2.24, 2.45) is 0 Å². The molecule has 2 aromatic carbocycles. The molecule has 3 aromatic rings. The fourth-order valence-corrected chi connectivity index (χ4v) is 4.80. The number of aromatic nitrogens is 2. The van der Waals surface area contributed by atoms with Crippen LogP contribution in [0.5, 0.6) is 5.88 Å². The van der Waals surface area contributed by atoms with Gasteiger partial charge in [0.05, 0.1) is 30.7 Å². The molecular formula is C23H22ClF2N5O5S. The predicted molar refractivity (Wildman–Crippen MR) is 133 cm³/mol. The van der Waals surface area contributed by atoms with Gasteiger partial charge in [0.25, 0.3) is 5.56 Å². The molecular weight excluding hydrogens is 532 g/mol. The molecule has 0 saturated heterocycles. The van der Waals surface area contributed by atoms with Crippen LogP contribution >= 0.6 is 11.6 Å². The van der Waals surface area contributed by atoms with E-state index in [1.54, 1.807) is 25.2 Å². The summed E-state index contributed by atoms with van der Waals surface area (Å²) >= 11 is 6.14. The van der Waals surface area contributed by atoms with Crippen LogP contribution in [-0.2, 0) is 28.0 Å². The van der Waals surface area contributed by atoms with E-state index in [1.165, 1.54) is 21.9 Å². The van der Waals surface area contributed by atoms with Crippen LogP contribution in [-0.4, -0.2) is 50.4 Å². The molecule has 4 rings (SSSR count). The second kappa shape index (κ2) is 10.4. The number of carbonyl (C=O) groups excluding carboxylic acids is 1. The van der Waals surface area contributed by atoms with E-state index in [0.29, 0.717) is 23.0 Å². The van der Waals surface area contributed by atoms with Crippen molar-refractivity contribution >= 4 is 38.9 Å². The van der Waals surface area contributed by atoms with E-state index in [9.17, 15) is 26.8 Å². The lowest BCUT2D eigenvalue weighted by molar-refractivity contribution is -0.117. The van der Waals surface area contributed by atoms with Gasteiger partial charge in [-0.05, 0) is 36.9 Å². The molecule has 196 valence electrons. The molecule has 2 heterocycles. The van der Waals surface area contributed by atoms with Crippen molar-refractivity contribution in [1.29, 1.82) is 0 Å². The fraction of sp³-hybridized carbons (Fsp3) is 0.261. The number of amides is 1. The van der Waals surface area contributed by atoms with Gasteiger partial charge in [-0.25, -0.2) is 26.5 Å². The maximum atomic E-state index is 13.8. The number of hydrogen-bond acceptors (Lipinski definition) is 7. The summed E-state index contributed by atoms with van der Waals surface area (Å²) in [6.45, 7) is -0.461. The molecule has 1 amide bonds. The number of fused-ring (bicyclic) bond motifs is 1. The maximum Gasteiger partial charge on any atom is 0.276 e. The molecule has 0 unspecified atom stereocenters. The van der Waals surface area contributed by atoms with Crippen molar-refractivity contribution < 1.29 is 26.7 Å². The zero-order chi connectivity index (χ0) is 26.9. The third-order valence-corrected chi connectivity index (χ3v) is 7.02. The lowest BCUT2D eigenvalue weighted by atomic mass is 10.1. The smallest absolute Gasteiger partial charge is 0.276 e. The third kappa shape index (κ3) is 5.58. The summed E-state index contributed by atoms with van der Waals surface area (Å²) in [7, 11) is -2.08. The molecule has 1 aliphatic rings. The second-order valence-electron chi connectivity index (χ2n) is 8.25. The minimum atomic E-state index is -3.69. The Morgan fingerprint density at radius 2 is 1.95 bits per heavy atom. The van der Waals surface area contributed by atoms with Crippen molar-refractivity contribution in [2.75, 3.05) is 35.7 Å². The van der Waals surface area contributed by atoms with Crippen molar-refractivity contribution in [3.05, 3.63) is 80.9 Å². The van der Waals surface area contributed by atoms with Gasteiger partial charge in [-0.3, -0.25) is 19.1 Å². The van der Waals surface area contributed by atoms with Crippen LogP contribution < -0.4 is 24.8 Å². The maximum absolute atomic E-state index is 13.8. The molecule has 1 aromatic heterocycles. The Hall–Kier alpha value is -3.55. The highest BCUT2D eigenvalue weighted by atomic mass is 35.5. The van der Waals surface area contributed by atoms with Crippen LogP contribution in [0, 0.1) is 11.6 Å². The number of carbonyl (C=O) groups is 1. The van der Waals surface area contributed by atoms with Crippen LogP contribution in [0.4, 0.5) is 20.2 Å². The third-order valence-electron chi connectivity index (χ3n) is 5.58. The highest BCUT2D eigenvalue weighted by Crippen LogP contribution is 2.38. The monoisotopic (exact) mass is 553 g/mol. The summed E-state index contributed by atoms with van der Waals surface area (Å²) in [6, 6.07) is 7.84. The van der Waals surface area contributed by atoms with Crippen LogP contribution in [0.1, 0.15) is 11.1 Å². The Morgan fingerprint density at radius 3 is 2.62 bits per heavy atom. The lowest BCUT2D eigenvalue weighted by Crippen LogP contribution is -2.41. The topological polar surface area (TPSA) is 114 Å². The SMILES string of the molecule is CNCC(=O)N1CN(S(C)(=O)=O)c2cc(Cn3cnc(OCc4ccc(F)cc4F)c(Cl)c3=O)ccc21. The number of ether oxygens (including phenoxy) is 1. The van der Waals surface area contributed by atoms with E-state index < -0.39 is 27.2 Å². The van der Waals surface area contributed by atoms with Gasteiger partial charge in [-0.1, -0.05) is 17.7 Å². The highest BCUT2D eigenvalue weighted by Gasteiger charge is 2.34. The molecule has 14 heteroatoms. The first-order valence-corrected chi connectivity index (χ1v) is 13.1. The minimum Gasteiger partial charge on any atom is -0.471 e. The number of hydrogen-bond donors (Lipinski definition) is 1. The molecule has 1 N–H and O–H groups in total. The molecule has 0 fully saturated rings. The number of nitrogens with zero attached hydrogens (tertiary/aromatic N) is 4. The van der Waals surface area contributed by atoms with Gasteiger partial charge in [-0.15, -0.1) is 0 Å². The number of sulfonamides is 1. The van der Waals surface area contributed by atoms with E-state index in [4.69, 9.17) is 16.3 Å². The van der Waals surface area contributed by atoms with Crippen molar-refractivity contribution in [3.8, 4) is 5.88 Å². The minimum absolute atomic E-state index is 0.00618. The van der Waals surface area contributed by atoms with Crippen molar-refractivity contribution in [2.45, 2.75) is 13.2 Å². The summed E-state index contributed by atoms with van der Waals surface area (Å²) in [6.07, 6.45) is 2.23. The van der Waals surface area contributed by atoms with E-state index in [0.717, 1.165) is 16.6 Å². The van der Waals surface area contributed by atoms with Gasteiger partial charge < -0.3 is 10.1 Å². The average molecular weight is 554 g/mol. The molecule has 37 heavy (non-hydrogen) atoms. The van der Waals surface area contributed by atoms with Gasteiger partial charge >= 0.3 is 0 Å². The van der Waals surface area contributed by atoms with E-state index in [2.05, 4.69) is 10.3 Å². The van der Waals surface area contributed by atoms with Crippen LogP contribution in [0.25, 0.3) is 0 Å². The molecule has 0 saturated carbocycles. The molecule has 0 aliphatic carbocycles. The van der Waals surface area contributed by atoms with Gasteiger partial charge in [0.15, 0.2) is 5.02 Å². The van der Waals surface area contributed by atoms with Crippen LogP contribution in [0.3, 0.4) is 0 Å². The molecule has 0 bridgehead atoms. The Kier molecular flexibility index (Phi) is 7.48. The van der Waals surface area contributed by atoms with E-state index in [-0.39, 0.29) is 48.7 Å². The molecule has 10 nitrogen and oxygen atoms in total. The number of rotatable bonds is 8. The predicted octanol–water partition coefficient (Wildman–Crippen LogP) is 2.09. The lowest BCUT2D eigenvalue weighted by Gasteiger charge is -2.18. The quantitative estimate of drug-likeness (QED) is 0.454. The average Bonchev–Trinajstić information content (AvgIpc) is 3.22. The first kappa shape index (κ1) is 26.5. The molecule has 0 spiro atoms. The molecule has 0 atom stereocenters. The second-order valence-corrected chi connectivity index (χ2v) is 10.5. The standard InChI is InChI=1S/C23H22ClF2N5O5S/c1-27-9-20(32)30-13-31(37(2,34)35)19-7-14(3-6-18(19)30)10-29-12-28-22(21(24)23(29)33)36-11-15-4-5-16(25)8-17(15)26/h3-8,12,27H,9-11,13H2,1-2H3. The van der Waals surface area contributed by atoms with Crippen LogP contribution in [0.2, 0.25) is 5.02 Å². The molecule has 1 aliphatic heterocycles. The number of benzene rings is 2. The summed E-state index contributed by atoms with van der Waals surface area (Å²) in [5.41, 5.74) is 0.696. The summed E-state index contributed by atoms with van der Waals surface area (Å²) in [5, 5.41) is 2.41. The Balaban J connectivity index is 1.57. The van der Waals surface area contributed by atoms with Gasteiger partial charge in [0, 0.05) is 11.6 Å². The number of halogens is 3. The number of nitrogens with one attached hydrogen (secondary N) is 1. The van der Waals surface area contributed by atoms with Gasteiger partial charge in [0.2, 0.25) is 21.8 Å². The Labute approximate surface area is 216 Å². The number of anilines is 2. The van der Waals surface area contributed by atoms with Gasteiger partial charge in [0.1, 0.15) is 31.2 Å². The first-order valence-electron chi connectivity index (χ1n) is 10.9. The fourth-order valence-electron chi connectivity index (χ4n) is 3.76. The van der Waals surface area contributed by atoms with E-state index in [1.807, 2.05) is 0 Å². The highest BCUT2D eigenvalue weighted by molar-refractivity contribution is 7.92. The Bertz CT molecular complexity index is 1530. The summed E-state index contributed by atoms with van der Waals surface area (Å²) in [5.74, 6) is -2.06. The largest absolute Gasteiger partial charge is 0.471 e. The zero-order valence-electron chi connectivity index (χ0n) is 19.7. The van der Waals surface area contributed by atoms with E-state index >= 15 is 0 Å². The first-order chi connectivity index (χ1) is 17.5. The molecule has 0 radical (unpaired) electrons. The van der Waals surface area contributed by atoms with Crippen molar-refractivity contribution in [3.63, 3.8) is 0 Å². The number of likely N-dealkylation sites (N-methyl/N-ethyl adjacent to an activating group) is 1. The van der Waals surface area contributed by atoms with Gasteiger partial charge in [-0.2, -0.15) is 0 Å². The Morgan fingerprint density at radius 1 is 1.19 bits per heavy atom.